The number of hydrogen-bond donors (Lipinski definition) is 1. The Morgan fingerprint density at radius 3 is 2.67 bits per heavy atom. The van der Waals surface area contributed by atoms with E-state index >= 15 is 0 Å². The Labute approximate surface area is 179 Å². The molecule has 156 valence electrons. The quantitative estimate of drug-likeness (QED) is 0.625. The van der Waals surface area contributed by atoms with E-state index in [1.54, 1.807) is 13.8 Å². The van der Waals surface area contributed by atoms with Crippen molar-refractivity contribution in [3.05, 3.63) is 76.5 Å². The molecule has 30 heavy (non-hydrogen) atoms. The Balaban J connectivity index is 1.39. The van der Waals surface area contributed by atoms with E-state index in [9.17, 15) is 9.18 Å². The number of ether oxygens (including phenoxy) is 1. The number of amides is 1. The number of hydrogen-bond acceptors (Lipinski definition) is 5. The molecular weight excluding hydrogens is 401 g/mol. The van der Waals surface area contributed by atoms with Gasteiger partial charge in [-0.2, -0.15) is 0 Å². The van der Waals surface area contributed by atoms with Crippen LogP contribution < -0.4 is 10.1 Å². The standard InChI is InChI=1S/C23H24FN3O2S/c1-23(2,29-18-10-8-17(24)9-11-18)21(28)26-22-25-19-12-13-27(15-20(19)30-22)14-16-6-4-3-5-7-16/h3-11H,12-15H2,1-2H3,(H,25,26,28). The van der Waals surface area contributed by atoms with Crippen LogP contribution in [0.25, 0.3) is 0 Å². The van der Waals surface area contributed by atoms with Gasteiger partial charge in [-0.1, -0.05) is 30.3 Å². The molecule has 0 saturated carbocycles. The maximum Gasteiger partial charge on any atom is 0.269 e. The van der Waals surface area contributed by atoms with Crippen molar-refractivity contribution in [1.82, 2.24) is 9.88 Å². The number of aromatic nitrogens is 1. The van der Waals surface area contributed by atoms with E-state index in [0.29, 0.717) is 10.9 Å². The van der Waals surface area contributed by atoms with Crippen molar-refractivity contribution in [3.63, 3.8) is 0 Å². The zero-order valence-electron chi connectivity index (χ0n) is 17.0. The van der Waals surface area contributed by atoms with Crippen molar-refractivity contribution >= 4 is 22.4 Å². The molecule has 0 radical (unpaired) electrons. The van der Waals surface area contributed by atoms with Crippen molar-refractivity contribution in [2.24, 2.45) is 0 Å². The number of anilines is 1. The second kappa shape index (κ2) is 8.53. The Kier molecular flexibility index (Phi) is 5.83. The molecule has 7 heteroatoms. The molecule has 1 N–H and O–H groups in total. The predicted molar refractivity (Wildman–Crippen MR) is 116 cm³/mol. The molecule has 0 spiro atoms. The number of carbonyl (C=O) groups excluding carboxylic acids is 1. The number of rotatable bonds is 6. The van der Waals surface area contributed by atoms with Gasteiger partial charge in [0.15, 0.2) is 10.7 Å². The van der Waals surface area contributed by atoms with Crippen LogP contribution in [0.4, 0.5) is 9.52 Å². The van der Waals surface area contributed by atoms with E-state index < -0.39 is 5.60 Å². The van der Waals surface area contributed by atoms with E-state index in [4.69, 9.17) is 4.74 Å². The third-order valence-electron chi connectivity index (χ3n) is 5.01. The first-order chi connectivity index (χ1) is 14.4. The van der Waals surface area contributed by atoms with Gasteiger partial charge in [0.2, 0.25) is 0 Å². The van der Waals surface area contributed by atoms with E-state index in [-0.39, 0.29) is 11.7 Å². The highest BCUT2D eigenvalue weighted by molar-refractivity contribution is 7.15. The summed E-state index contributed by atoms with van der Waals surface area (Å²) in [6.45, 7) is 6.03. The van der Waals surface area contributed by atoms with Crippen molar-refractivity contribution in [2.75, 3.05) is 11.9 Å². The fourth-order valence-electron chi connectivity index (χ4n) is 3.37. The molecule has 2 heterocycles. The number of thiazole rings is 1. The Bertz CT molecular complexity index is 1020. The fraction of sp³-hybridized carbons (Fsp3) is 0.304. The third kappa shape index (κ3) is 4.86. The first kappa shape index (κ1) is 20.5. The average Bonchev–Trinajstić information content (AvgIpc) is 3.12. The lowest BCUT2D eigenvalue weighted by Gasteiger charge is -2.25. The monoisotopic (exact) mass is 425 g/mol. The number of carbonyl (C=O) groups is 1. The summed E-state index contributed by atoms with van der Waals surface area (Å²) in [5, 5.41) is 3.47. The van der Waals surface area contributed by atoms with Crippen LogP contribution in [0.2, 0.25) is 0 Å². The van der Waals surface area contributed by atoms with Crippen LogP contribution in [0.1, 0.15) is 30.0 Å². The van der Waals surface area contributed by atoms with E-state index in [0.717, 1.165) is 31.7 Å². The van der Waals surface area contributed by atoms with Gasteiger partial charge in [-0.25, -0.2) is 9.37 Å². The Hall–Kier alpha value is -2.77. The number of nitrogens with zero attached hydrogens (tertiary/aromatic N) is 2. The summed E-state index contributed by atoms with van der Waals surface area (Å²) in [6, 6.07) is 16.0. The van der Waals surface area contributed by atoms with Gasteiger partial charge in [0.1, 0.15) is 11.6 Å². The van der Waals surface area contributed by atoms with Crippen LogP contribution in [0, 0.1) is 5.82 Å². The summed E-state index contributed by atoms with van der Waals surface area (Å²) in [6.07, 6.45) is 0.865. The molecule has 4 rings (SSSR count). The SMILES string of the molecule is CC(C)(Oc1ccc(F)cc1)C(=O)Nc1nc2c(s1)CN(Cc1ccccc1)CC2. The van der Waals surface area contributed by atoms with Gasteiger partial charge >= 0.3 is 0 Å². The molecular formula is C23H24FN3O2S. The van der Waals surface area contributed by atoms with Crippen LogP contribution >= 0.6 is 11.3 Å². The number of halogens is 1. The molecule has 1 aromatic heterocycles. The number of benzene rings is 2. The van der Waals surface area contributed by atoms with Crippen molar-refractivity contribution in [3.8, 4) is 5.75 Å². The molecule has 0 fully saturated rings. The Morgan fingerprint density at radius 1 is 1.20 bits per heavy atom. The maximum atomic E-state index is 13.1. The molecule has 0 saturated heterocycles. The van der Waals surface area contributed by atoms with E-state index in [2.05, 4.69) is 39.5 Å². The fourth-order valence-corrected chi connectivity index (χ4v) is 4.42. The molecule has 0 aliphatic carbocycles. The van der Waals surface area contributed by atoms with Gasteiger partial charge in [-0.15, -0.1) is 11.3 Å². The summed E-state index contributed by atoms with van der Waals surface area (Å²) >= 11 is 1.51. The van der Waals surface area contributed by atoms with Gasteiger partial charge in [0, 0.05) is 30.9 Å². The number of fused-ring (bicyclic) bond motifs is 1. The van der Waals surface area contributed by atoms with Gasteiger partial charge in [-0.3, -0.25) is 15.0 Å². The topological polar surface area (TPSA) is 54.5 Å². The van der Waals surface area contributed by atoms with Crippen LogP contribution in [-0.4, -0.2) is 27.9 Å². The first-order valence-corrected chi connectivity index (χ1v) is 10.7. The largest absolute Gasteiger partial charge is 0.478 e. The average molecular weight is 426 g/mol. The lowest BCUT2D eigenvalue weighted by molar-refractivity contribution is -0.128. The second-order valence-corrected chi connectivity index (χ2v) is 8.94. The maximum absolute atomic E-state index is 13.1. The van der Waals surface area contributed by atoms with Gasteiger partial charge in [0.05, 0.1) is 5.69 Å². The molecule has 2 aromatic carbocycles. The summed E-state index contributed by atoms with van der Waals surface area (Å²) < 4.78 is 18.8. The van der Waals surface area contributed by atoms with Gasteiger partial charge in [0.25, 0.3) is 5.91 Å². The molecule has 0 atom stereocenters. The zero-order valence-corrected chi connectivity index (χ0v) is 17.8. The van der Waals surface area contributed by atoms with Crippen molar-refractivity contribution in [2.45, 2.75) is 39.0 Å². The van der Waals surface area contributed by atoms with E-state index in [1.165, 1.54) is 46.0 Å². The normalized spacial score (nSPS) is 14.2. The molecule has 1 amide bonds. The lowest BCUT2D eigenvalue weighted by Crippen LogP contribution is -2.42. The first-order valence-electron chi connectivity index (χ1n) is 9.90. The summed E-state index contributed by atoms with van der Waals surface area (Å²) in [7, 11) is 0. The zero-order chi connectivity index (χ0) is 21.1. The molecule has 1 aliphatic heterocycles. The van der Waals surface area contributed by atoms with E-state index in [1.807, 2.05) is 6.07 Å². The third-order valence-corrected chi connectivity index (χ3v) is 6.01. The summed E-state index contributed by atoms with van der Waals surface area (Å²) in [5.41, 5.74) is 1.22. The lowest BCUT2D eigenvalue weighted by atomic mass is 10.1. The minimum absolute atomic E-state index is 0.293. The molecule has 5 nitrogen and oxygen atoms in total. The highest BCUT2D eigenvalue weighted by Gasteiger charge is 2.31. The van der Waals surface area contributed by atoms with Crippen LogP contribution in [-0.2, 0) is 24.3 Å². The van der Waals surface area contributed by atoms with Crippen molar-refractivity contribution < 1.29 is 13.9 Å². The molecule has 3 aromatic rings. The highest BCUT2D eigenvalue weighted by atomic mass is 32.1. The second-order valence-electron chi connectivity index (χ2n) is 7.86. The summed E-state index contributed by atoms with van der Waals surface area (Å²) in [4.78, 5) is 21.0. The highest BCUT2D eigenvalue weighted by Crippen LogP contribution is 2.30. The predicted octanol–water partition coefficient (Wildman–Crippen LogP) is 4.64. The smallest absolute Gasteiger partial charge is 0.269 e. The molecule has 1 aliphatic rings. The minimum Gasteiger partial charge on any atom is -0.478 e. The Morgan fingerprint density at radius 2 is 1.93 bits per heavy atom. The van der Waals surface area contributed by atoms with Crippen LogP contribution in [0.15, 0.2) is 54.6 Å². The van der Waals surface area contributed by atoms with Gasteiger partial charge in [-0.05, 0) is 43.7 Å². The summed E-state index contributed by atoms with van der Waals surface area (Å²) in [5.74, 6) is -0.204. The van der Waals surface area contributed by atoms with Crippen LogP contribution in [0.5, 0.6) is 5.75 Å². The van der Waals surface area contributed by atoms with Crippen LogP contribution in [0.3, 0.4) is 0 Å². The molecule has 0 unspecified atom stereocenters. The molecule has 0 bridgehead atoms. The minimum atomic E-state index is -1.12. The van der Waals surface area contributed by atoms with Gasteiger partial charge < -0.3 is 4.74 Å². The number of nitrogens with one attached hydrogen (secondary N) is 1. The van der Waals surface area contributed by atoms with Crippen molar-refractivity contribution in [1.29, 1.82) is 0 Å².